The summed E-state index contributed by atoms with van der Waals surface area (Å²) in [6.07, 6.45) is 11.7. The molecule has 50 valence electrons. The van der Waals surface area contributed by atoms with Crippen LogP contribution in [0.25, 0.3) is 0 Å². The maximum atomic E-state index is 11.1. The number of carbonyl (C=O) groups excluding carboxylic acids is 1. The van der Waals surface area contributed by atoms with E-state index in [-0.39, 0.29) is 11.7 Å². The highest BCUT2D eigenvalue weighted by Crippen LogP contribution is 2.20. The zero-order chi connectivity index (χ0) is 6.97. The van der Waals surface area contributed by atoms with Crippen molar-refractivity contribution in [2.45, 2.75) is 0 Å². The summed E-state index contributed by atoms with van der Waals surface area (Å²) in [5.74, 6) is 0.588. The minimum Gasteiger partial charge on any atom is -0.294 e. The van der Waals surface area contributed by atoms with E-state index in [4.69, 9.17) is 0 Å². The average Bonchev–Trinajstić information content (AvgIpc) is 2.24. The third kappa shape index (κ3) is 0.747. The van der Waals surface area contributed by atoms with Gasteiger partial charge in [0, 0.05) is 5.92 Å². The van der Waals surface area contributed by atoms with E-state index in [0.29, 0.717) is 5.92 Å². The Morgan fingerprint density at radius 1 is 1.00 bits per heavy atom. The lowest BCUT2D eigenvalue weighted by molar-refractivity contribution is -0.115. The van der Waals surface area contributed by atoms with E-state index in [9.17, 15) is 4.79 Å². The fraction of sp³-hybridized carbons (Fsp3) is 0.222. The van der Waals surface area contributed by atoms with Crippen LogP contribution in [-0.4, -0.2) is 5.78 Å². The van der Waals surface area contributed by atoms with Crippen LogP contribution in [0.15, 0.2) is 36.5 Å². The zero-order valence-electron chi connectivity index (χ0n) is 5.53. The van der Waals surface area contributed by atoms with Gasteiger partial charge >= 0.3 is 0 Å². The van der Waals surface area contributed by atoms with Gasteiger partial charge in [0.15, 0.2) is 5.78 Å². The molecule has 3 rings (SSSR count). The Hall–Kier alpha value is -1.11. The van der Waals surface area contributed by atoms with Crippen molar-refractivity contribution in [3.63, 3.8) is 0 Å². The molecule has 0 heterocycles. The van der Waals surface area contributed by atoms with Gasteiger partial charge in [-0.15, -0.1) is 0 Å². The standard InChI is InChI=1S/C9H8O/c10-9-6-3-7-1-4-8(9)5-2-7/h1-8H. The number of hydrogen-bond donors (Lipinski definition) is 0. The highest BCUT2D eigenvalue weighted by molar-refractivity contribution is 5.95. The Morgan fingerprint density at radius 3 is 2.40 bits per heavy atom. The van der Waals surface area contributed by atoms with Crippen molar-refractivity contribution in [1.82, 2.24) is 0 Å². The number of fused-ring (bicyclic) bond motifs is 1. The van der Waals surface area contributed by atoms with Gasteiger partial charge in [0.1, 0.15) is 0 Å². The first kappa shape index (κ1) is 5.66. The lowest BCUT2D eigenvalue weighted by Gasteiger charge is -2.06. The first-order chi connectivity index (χ1) is 4.86. The van der Waals surface area contributed by atoms with Crippen LogP contribution in [0.5, 0.6) is 0 Å². The van der Waals surface area contributed by atoms with Crippen molar-refractivity contribution in [3.8, 4) is 0 Å². The average molecular weight is 132 g/mol. The van der Waals surface area contributed by atoms with Gasteiger partial charge in [-0.1, -0.05) is 30.4 Å². The molecule has 3 aliphatic rings. The third-order valence-electron chi connectivity index (χ3n) is 1.89. The number of carbonyl (C=O) groups is 1. The molecule has 0 aromatic heterocycles. The van der Waals surface area contributed by atoms with Gasteiger partial charge in [0.05, 0.1) is 5.92 Å². The van der Waals surface area contributed by atoms with Gasteiger partial charge in [-0.25, -0.2) is 0 Å². The quantitative estimate of drug-likeness (QED) is 0.456. The van der Waals surface area contributed by atoms with Gasteiger partial charge in [0.25, 0.3) is 0 Å². The summed E-state index contributed by atoms with van der Waals surface area (Å²) < 4.78 is 0. The van der Waals surface area contributed by atoms with E-state index < -0.39 is 0 Å². The van der Waals surface area contributed by atoms with Crippen LogP contribution in [0.3, 0.4) is 0 Å². The van der Waals surface area contributed by atoms with Crippen LogP contribution in [0.4, 0.5) is 0 Å². The molecule has 1 nitrogen and oxygen atoms in total. The monoisotopic (exact) mass is 132 g/mol. The molecule has 0 unspecified atom stereocenters. The number of hydrogen-bond acceptors (Lipinski definition) is 1. The Balaban J connectivity index is 2.45. The molecule has 0 aliphatic heterocycles. The predicted molar refractivity (Wildman–Crippen MR) is 39.4 cm³/mol. The maximum Gasteiger partial charge on any atom is 0.166 e. The molecule has 0 saturated heterocycles. The van der Waals surface area contributed by atoms with E-state index in [1.807, 2.05) is 18.2 Å². The fourth-order valence-corrected chi connectivity index (χ4v) is 1.26. The molecule has 0 radical (unpaired) electrons. The second kappa shape index (κ2) is 1.94. The highest BCUT2D eigenvalue weighted by Gasteiger charge is 2.16. The first-order valence-electron chi connectivity index (χ1n) is 3.45. The van der Waals surface area contributed by atoms with Crippen molar-refractivity contribution >= 4 is 5.78 Å². The first-order valence-corrected chi connectivity index (χ1v) is 3.45. The molecule has 0 saturated carbocycles. The minimum atomic E-state index is 0.0231. The van der Waals surface area contributed by atoms with E-state index in [2.05, 4.69) is 12.2 Å². The van der Waals surface area contributed by atoms with E-state index in [0.717, 1.165) is 0 Å². The highest BCUT2D eigenvalue weighted by atomic mass is 16.1. The molecule has 1 heteroatoms. The molecule has 10 heavy (non-hydrogen) atoms. The van der Waals surface area contributed by atoms with Gasteiger partial charge in [-0.05, 0) is 6.08 Å². The number of rotatable bonds is 0. The Bertz CT molecular complexity index is 231. The summed E-state index contributed by atoms with van der Waals surface area (Å²) >= 11 is 0. The summed E-state index contributed by atoms with van der Waals surface area (Å²) in [5, 5.41) is 0. The van der Waals surface area contributed by atoms with Crippen LogP contribution >= 0.6 is 0 Å². The second-order valence-corrected chi connectivity index (χ2v) is 2.63. The molecule has 0 fully saturated rings. The van der Waals surface area contributed by atoms with Crippen LogP contribution in [0.2, 0.25) is 0 Å². The summed E-state index contributed by atoms with van der Waals surface area (Å²) in [6.45, 7) is 0. The molecular formula is C9H8O. The van der Waals surface area contributed by atoms with Gasteiger partial charge in [-0.3, -0.25) is 4.79 Å². The molecule has 0 amide bonds. The summed E-state index contributed by atoms with van der Waals surface area (Å²) in [5.41, 5.74) is 0. The van der Waals surface area contributed by atoms with E-state index in [1.54, 1.807) is 6.08 Å². The van der Waals surface area contributed by atoms with Crippen molar-refractivity contribution in [1.29, 1.82) is 0 Å². The maximum absolute atomic E-state index is 11.1. The minimum absolute atomic E-state index is 0.0231. The molecular weight excluding hydrogens is 124 g/mol. The predicted octanol–water partition coefficient (Wildman–Crippen LogP) is 1.48. The smallest absolute Gasteiger partial charge is 0.166 e. The Morgan fingerprint density at radius 2 is 1.70 bits per heavy atom. The van der Waals surface area contributed by atoms with Crippen LogP contribution < -0.4 is 0 Å². The molecule has 0 aromatic rings. The Labute approximate surface area is 59.7 Å². The Kier molecular flexibility index (Phi) is 1.10. The topological polar surface area (TPSA) is 17.1 Å². The lowest BCUT2D eigenvalue weighted by atomic mass is 9.98. The van der Waals surface area contributed by atoms with Gasteiger partial charge < -0.3 is 0 Å². The van der Waals surface area contributed by atoms with Crippen molar-refractivity contribution in [3.05, 3.63) is 36.5 Å². The van der Waals surface area contributed by atoms with E-state index in [1.165, 1.54) is 0 Å². The largest absolute Gasteiger partial charge is 0.294 e. The SMILES string of the molecule is O=C1C=CC2C=CC1C=C2. The lowest BCUT2D eigenvalue weighted by Crippen LogP contribution is -2.05. The van der Waals surface area contributed by atoms with Crippen LogP contribution in [0.1, 0.15) is 0 Å². The summed E-state index contributed by atoms with van der Waals surface area (Å²) in [4.78, 5) is 11.1. The zero-order valence-corrected chi connectivity index (χ0v) is 5.53. The van der Waals surface area contributed by atoms with Crippen LogP contribution in [0, 0.1) is 11.8 Å². The van der Waals surface area contributed by atoms with Crippen molar-refractivity contribution in [2.75, 3.05) is 0 Å². The number of allylic oxidation sites excluding steroid dienone is 6. The third-order valence-corrected chi connectivity index (χ3v) is 1.89. The molecule has 0 spiro atoms. The van der Waals surface area contributed by atoms with Crippen molar-refractivity contribution < 1.29 is 4.79 Å². The molecule has 3 aliphatic carbocycles. The molecule has 2 bridgehead atoms. The second-order valence-electron chi connectivity index (χ2n) is 2.63. The summed E-state index contributed by atoms with van der Waals surface area (Å²) in [7, 11) is 0. The molecule has 0 aromatic carbocycles. The fourth-order valence-electron chi connectivity index (χ4n) is 1.26. The number of ketones is 1. The molecule has 0 atom stereocenters. The van der Waals surface area contributed by atoms with Crippen molar-refractivity contribution in [2.24, 2.45) is 11.8 Å². The van der Waals surface area contributed by atoms with Gasteiger partial charge in [-0.2, -0.15) is 0 Å². The van der Waals surface area contributed by atoms with Crippen LogP contribution in [-0.2, 0) is 4.79 Å². The molecule has 0 N–H and O–H groups in total. The summed E-state index contributed by atoms with van der Waals surface area (Å²) in [6, 6.07) is 0. The normalized spacial score (nSPS) is 35.0. The van der Waals surface area contributed by atoms with E-state index >= 15 is 0 Å². The van der Waals surface area contributed by atoms with Gasteiger partial charge in [0.2, 0.25) is 0 Å².